The van der Waals surface area contributed by atoms with Gasteiger partial charge in [-0.15, -0.1) is 0 Å². The van der Waals surface area contributed by atoms with Crippen LogP contribution in [0.2, 0.25) is 0 Å². The molecule has 0 unspecified atom stereocenters. The molecule has 0 saturated heterocycles. The first kappa shape index (κ1) is 8.15. The Balaban J connectivity index is 0.000000480. The highest BCUT2D eigenvalue weighted by atomic mass is 27.0. The van der Waals surface area contributed by atoms with Gasteiger partial charge in [-0.05, 0) is 62.2 Å². The van der Waals surface area contributed by atoms with E-state index in [1.165, 1.54) is 23.7 Å². The van der Waals surface area contributed by atoms with Gasteiger partial charge < -0.3 is 0 Å². The molecule has 4 rings (SSSR count). The minimum absolute atomic E-state index is 0. The molecule has 4 saturated carbocycles. The topological polar surface area (TPSA) is 0 Å². The van der Waals surface area contributed by atoms with Crippen LogP contribution in [0.5, 0.6) is 0 Å². The van der Waals surface area contributed by atoms with E-state index in [0.29, 0.717) is 0 Å². The first-order valence-electron chi connectivity index (χ1n) is 4.90. The van der Waals surface area contributed by atoms with Crippen molar-refractivity contribution in [3.63, 3.8) is 0 Å². The molecule has 0 aliphatic heterocycles. The fourth-order valence-electron chi connectivity index (χ4n) is 3.98. The number of hydrogen-bond donors (Lipinski definition) is 0. The molecular formula is C10H16Al. The second-order valence-electron chi connectivity index (χ2n) is 4.88. The van der Waals surface area contributed by atoms with Gasteiger partial charge in [0.05, 0.1) is 0 Å². The maximum Gasteiger partial charge on any atom is 0 e. The molecular weight excluding hydrogens is 147 g/mol. The second kappa shape index (κ2) is 2.79. The highest BCUT2D eigenvalue weighted by Crippen LogP contribution is 2.53. The Hall–Kier alpha value is 0.532. The van der Waals surface area contributed by atoms with Crippen LogP contribution in [0.15, 0.2) is 0 Å². The summed E-state index contributed by atoms with van der Waals surface area (Å²) in [5.74, 6) is 4.71. The average molecular weight is 163 g/mol. The van der Waals surface area contributed by atoms with E-state index in [-0.39, 0.29) is 17.4 Å². The van der Waals surface area contributed by atoms with Gasteiger partial charge in [-0.2, -0.15) is 0 Å². The summed E-state index contributed by atoms with van der Waals surface area (Å²) in [5, 5.41) is 0. The van der Waals surface area contributed by atoms with Crippen LogP contribution in [-0.2, 0) is 0 Å². The van der Waals surface area contributed by atoms with Crippen LogP contribution in [0.1, 0.15) is 38.5 Å². The first-order valence-corrected chi connectivity index (χ1v) is 4.90. The molecule has 0 aromatic heterocycles. The monoisotopic (exact) mass is 163 g/mol. The van der Waals surface area contributed by atoms with Crippen molar-refractivity contribution in [1.29, 1.82) is 0 Å². The number of hydrogen-bond acceptors (Lipinski definition) is 0. The molecule has 3 radical (unpaired) electrons. The van der Waals surface area contributed by atoms with E-state index in [0.717, 1.165) is 0 Å². The third kappa shape index (κ3) is 1.27. The van der Waals surface area contributed by atoms with Gasteiger partial charge in [0.2, 0.25) is 0 Å². The van der Waals surface area contributed by atoms with Crippen molar-refractivity contribution >= 4 is 17.4 Å². The quantitative estimate of drug-likeness (QED) is 0.481. The highest BCUT2D eigenvalue weighted by molar-refractivity contribution is 5.75. The molecule has 4 aliphatic carbocycles. The van der Waals surface area contributed by atoms with Crippen molar-refractivity contribution in [3.8, 4) is 0 Å². The van der Waals surface area contributed by atoms with E-state index in [4.69, 9.17) is 0 Å². The SMILES string of the molecule is C1C2CC3CC1CC(C2)C3.[Al]. The van der Waals surface area contributed by atoms with Gasteiger partial charge in [-0.25, -0.2) is 0 Å². The predicted octanol–water partition coefficient (Wildman–Crippen LogP) is 2.45. The van der Waals surface area contributed by atoms with Gasteiger partial charge in [0.1, 0.15) is 0 Å². The predicted molar refractivity (Wildman–Crippen MR) is 47.4 cm³/mol. The Morgan fingerprint density at radius 3 is 0.818 bits per heavy atom. The maximum absolute atomic E-state index is 1.60. The van der Waals surface area contributed by atoms with Crippen LogP contribution < -0.4 is 0 Å². The molecule has 4 aliphatic rings. The molecule has 0 nitrogen and oxygen atoms in total. The highest BCUT2D eigenvalue weighted by Gasteiger charge is 2.41. The molecule has 4 fully saturated rings. The lowest BCUT2D eigenvalue weighted by molar-refractivity contribution is 0.0198. The maximum atomic E-state index is 1.60. The smallest absolute Gasteiger partial charge is 0 e. The summed E-state index contributed by atoms with van der Waals surface area (Å²) in [7, 11) is 0. The lowest BCUT2D eigenvalue weighted by Crippen LogP contribution is -2.38. The molecule has 0 atom stereocenters. The lowest BCUT2D eigenvalue weighted by atomic mass is 9.56. The van der Waals surface area contributed by atoms with Gasteiger partial charge in [0, 0.05) is 17.4 Å². The van der Waals surface area contributed by atoms with Gasteiger partial charge in [0.25, 0.3) is 0 Å². The minimum Gasteiger partial charge on any atom is -0.0475 e. The normalized spacial score (nSPS) is 52.4. The molecule has 59 valence electrons. The van der Waals surface area contributed by atoms with E-state index in [1.54, 1.807) is 38.5 Å². The van der Waals surface area contributed by atoms with Gasteiger partial charge in [0.15, 0.2) is 0 Å². The van der Waals surface area contributed by atoms with Crippen molar-refractivity contribution in [1.82, 2.24) is 0 Å². The number of rotatable bonds is 0. The summed E-state index contributed by atoms with van der Waals surface area (Å²) in [5.41, 5.74) is 0. The fourth-order valence-corrected chi connectivity index (χ4v) is 3.98. The van der Waals surface area contributed by atoms with E-state index >= 15 is 0 Å². The molecule has 4 bridgehead atoms. The first-order chi connectivity index (χ1) is 4.90. The van der Waals surface area contributed by atoms with E-state index in [1.807, 2.05) is 0 Å². The zero-order valence-electron chi connectivity index (χ0n) is 7.13. The molecule has 0 heterocycles. The Kier molecular flexibility index (Phi) is 2.06. The van der Waals surface area contributed by atoms with Crippen molar-refractivity contribution in [2.24, 2.45) is 23.7 Å². The Morgan fingerprint density at radius 2 is 0.636 bits per heavy atom. The van der Waals surface area contributed by atoms with Crippen molar-refractivity contribution in [3.05, 3.63) is 0 Å². The summed E-state index contributed by atoms with van der Waals surface area (Å²) >= 11 is 0. The third-order valence-corrected chi connectivity index (χ3v) is 4.00. The lowest BCUT2D eigenvalue weighted by Gasteiger charge is -2.49. The van der Waals surface area contributed by atoms with Crippen LogP contribution in [-0.4, -0.2) is 17.4 Å². The molecule has 0 aromatic carbocycles. The summed E-state index contributed by atoms with van der Waals surface area (Å²) in [6.45, 7) is 0. The van der Waals surface area contributed by atoms with E-state index in [2.05, 4.69) is 0 Å². The van der Waals surface area contributed by atoms with Gasteiger partial charge in [-0.3, -0.25) is 0 Å². The van der Waals surface area contributed by atoms with E-state index in [9.17, 15) is 0 Å². The summed E-state index contributed by atoms with van der Waals surface area (Å²) in [4.78, 5) is 0. The fraction of sp³-hybridized carbons (Fsp3) is 1.00. The summed E-state index contributed by atoms with van der Waals surface area (Å²) < 4.78 is 0. The third-order valence-electron chi connectivity index (χ3n) is 4.00. The van der Waals surface area contributed by atoms with Crippen LogP contribution in [0.3, 0.4) is 0 Å². The molecule has 0 aromatic rings. The van der Waals surface area contributed by atoms with Gasteiger partial charge >= 0.3 is 0 Å². The van der Waals surface area contributed by atoms with Crippen molar-refractivity contribution in [2.45, 2.75) is 38.5 Å². The van der Waals surface area contributed by atoms with Crippen LogP contribution >= 0.6 is 0 Å². The van der Waals surface area contributed by atoms with Crippen LogP contribution in [0.25, 0.3) is 0 Å². The molecule has 1 heteroatoms. The van der Waals surface area contributed by atoms with Crippen LogP contribution in [0.4, 0.5) is 0 Å². The Bertz CT molecular complexity index is 96.4. The molecule has 0 spiro atoms. The summed E-state index contributed by atoms with van der Waals surface area (Å²) in [6.07, 6.45) is 9.62. The largest absolute Gasteiger partial charge is 0.0475 e. The Labute approximate surface area is 79.9 Å². The van der Waals surface area contributed by atoms with Crippen molar-refractivity contribution in [2.75, 3.05) is 0 Å². The molecule has 0 amide bonds. The molecule has 11 heavy (non-hydrogen) atoms. The van der Waals surface area contributed by atoms with Crippen molar-refractivity contribution < 1.29 is 0 Å². The zero-order valence-corrected chi connectivity index (χ0v) is 8.28. The Morgan fingerprint density at radius 1 is 0.455 bits per heavy atom. The standard InChI is InChI=1S/C10H16.Al/c1-7-2-9-4-8(1)5-10(3-7)6-9;/h7-10H,1-6H2;. The second-order valence-corrected chi connectivity index (χ2v) is 4.88. The minimum atomic E-state index is 0. The van der Waals surface area contributed by atoms with E-state index < -0.39 is 0 Å². The summed E-state index contributed by atoms with van der Waals surface area (Å²) in [6, 6.07) is 0. The average Bonchev–Trinajstić information content (AvgIpc) is 1.82. The molecule has 0 N–H and O–H groups in total. The van der Waals surface area contributed by atoms with Crippen LogP contribution in [0, 0.1) is 23.7 Å². The van der Waals surface area contributed by atoms with Gasteiger partial charge in [-0.1, -0.05) is 0 Å². The zero-order chi connectivity index (χ0) is 6.55.